The van der Waals surface area contributed by atoms with Gasteiger partial charge in [0, 0.05) is 17.7 Å². The van der Waals surface area contributed by atoms with Gasteiger partial charge in [-0.2, -0.15) is 5.26 Å². The van der Waals surface area contributed by atoms with Gasteiger partial charge in [-0.05, 0) is 72.2 Å². The van der Waals surface area contributed by atoms with Gasteiger partial charge in [-0.3, -0.25) is 19.8 Å². The highest BCUT2D eigenvalue weighted by Gasteiger charge is 2.46. The monoisotopic (exact) mass is 612 g/mol. The van der Waals surface area contributed by atoms with Crippen molar-refractivity contribution in [3.05, 3.63) is 115 Å². The minimum absolute atomic E-state index is 0.0452. The number of halogens is 1. The maximum atomic E-state index is 14.1. The van der Waals surface area contributed by atoms with Crippen LogP contribution >= 0.6 is 11.6 Å². The number of allylic oxidation sites excluding steroid dienone is 3. The van der Waals surface area contributed by atoms with Crippen molar-refractivity contribution in [2.45, 2.75) is 53.1 Å². The molecule has 0 bridgehead atoms. The summed E-state index contributed by atoms with van der Waals surface area (Å²) in [4.78, 5) is 27.3. The Morgan fingerprint density at radius 3 is 2.52 bits per heavy atom. The third kappa shape index (κ3) is 5.49. The Bertz CT molecular complexity index is 1800. The van der Waals surface area contributed by atoms with Crippen LogP contribution in [0.15, 0.2) is 77.3 Å². The summed E-state index contributed by atoms with van der Waals surface area (Å²) in [5, 5.41) is 23.3. The predicted octanol–water partition coefficient (Wildman–Crippen LogP) is 7.39. The zero-order chi connectivity index (χ0) is 31.9. The van der Waals surface area contributed by atoms with Crippen LogP contribution in [0.4, 0.5) is 11.4 Å². The number of nitro benzene ring substituents is 1. The first kappa shape index (κ1) is 30.6. The molecule has 9 nitrogen and oxygen atoms in total. The molecule has 0 amide bonds. The van der Waals surface area contributed by atoms with Gasteiger partial charge in [-0.15, -0.1) is 0 Å². The van der Waals surface area contributed by atoms with Gasteiger partial charge in [0.05, 0.1) is 40.7 Å². The van der Waals surface area contributed by atoms with Crippen molar-refractivity contribution in [3.63, 3.8) is 0 Å². The highest BCUT2D eigenvalue weighted by Crippen LogP contribution is 2.52. The molecular weight excluding hydrogens is 580 g/mol. The van der Waals surface area contributed by atoms with Crippen LogP contribution < -0.4 is 20.1 Å². The van der Waals surface area contributed by atoms with Gasteiger partial charge in [0.2, 0.25) is 0 Å². The molecule has 5 rings (SSSR count). The van der Waals surface area contributed by atoms with Crippen molar-refractivity contribution < 1.29 is 19.2 Å². The third-order valence-electron chi connectivity index (χ3n) is 8.26. The van der Waals surface area contributed by atoms with Crippen LogP contribution in [0.25, 0.3) is 0 Å². The molecule has 2 N–H and O–H groups in total. The lowest BCUT2D eigenvalue weighted by molar-refractivity contribution is -0.384. The van der Waals surface area contributed by atoms with Crippen LogP contribution in [0, 0.1) is 40.7 Å². The molecule has 3 aromatic carbocycles. The number of benzene rings is 3. The molecule has 1 aliphatic carbocycles. The summed E-state index contributed by atoms with van der Waals surface area (Å²) >= 11 is 6.31. The summed E-state index contributed by atoms with van der Waals surface area (Å²) in [5.41, 5.74) is 10.8. The molecule has 0 radical (unpaired) electrons. The van der Waals surface area contributed by atoms with Crippen molar-refractivity contribution in [1.82, 2.24) is 0 Å². The molecule has 3 aromatic rings. The Labute approximate surface area is 261 Å². The first-order chi connectivity index (χ1) is 20.9. The zero-order valence-electron chi connectivity index (χ0n) is 25.2. The fraction of sp³-hybridized carbons (Fsp3) is 0.294. The minimum Gasteiger partial charge on any atom is -0.496 e. The van der Waals surface area contributed by atoms with Crippen molar-refractivity contribution >= 4 is 28.8 Å². The fourth-order valence-electron chi connectivity index (χ4n) is 6.16. The number of carbonyl (C=O) groups is 1. The van der Waals surface area contributed by atoms with Gasteiger partial charge in [0.15, 0.2) is 5.78 Å². The topological polar surface area (TPSA) is 132 Å². The van der Waals surface area contributed by atoms with Gasteiger partial charge >= 0.3 is 0 Å². The van der Waals surface area contributed by atoms with Crippen LogP contribution in [-0.2, 0) is 11.4 Å². The Balaban J connectivity index is 1.71. The molecule has 44 heavy (non-hydrogen) atoms. The average molecular weight is 613 g/mol. The van der Waals surface area contributed by atoms with Gasteiger partial charge in [-0.25, -0.2) is 0 Å². The number of rotatable bonds is 7. The molecule has 0 aromatic heterocycles. The Morgan fingerprint density at radius 1 is 1.14 bits per heavy atom. The first-order valence-corrected chi connectivity index (χ1v) is 14.5. The smallest absolute Gasteiger partial charge is 0.296 e. The van der Waals surface area contributed by atoms with Crippen molar-refractivity contribution in [2.75, 3.05) is 12.0 Å². The standard InChI is InChI=1S/C34H33ClN4O5/c1-19-12-20(2)23(13-21(19)18-44-30-9-7-6-8-25(30)35)31-24(17-36)33(37)38(28-15-34(3,4)16-29(40)32(28)31)26-11-10-22(43-5)14-27(26)39(41)42/h6-14,31H,15-16,18,37H2,1-5H3. The Morgan fingerprint density at radius 2 is 1.86 bits per heavy atom. The lowest BCUT2D eigenvalue weighted by atomic mass is 9.68. The minimum atomic E-state index is -0.758. The SMILES string of the molecule is COc1ccc(N2C(N)=C(C#N)C(c3cc(COc4ccccc4Cl)c(C)cc3C)C3=C2CC(C)(C)CC3=O)c([N+](=O)[O-])c1. The van der Waals surface area contributed by atoms with E-state index in [1.807, 2.05) is 52.0 Å². The second-order valence-electron chi connectivity index (χ2n) is 11.9. The molecule has 1 atom stereocenters. The van der Waals surface area contributed by atoms with E-state index in [9.17, 15) is 20.2 Å². The molecule has 10 heteroatoms. The van der Waals surface area contributed by atoms with Crippen LogP contribution in [0.5, 0.6) is 11.5 Å². The van der Waals surface area contributed by atoms with Gasteiger partial charge < -0.3 is 15.2 Å². The summed E-state index contributed by atoms with van der Waals surface area (Å²) in [6, 6.07) is 17.9. The quantitative estimate of drug-likeness (QED) is 0.216. The average Bonchev–Trinajstić information content (AvgIpc) is 2.96. The predicted molar refractivity (Wildman–Crippen MR) is 168 cm³/mol. The number of carbonyl (C=O) groups excluding carboxylic acids is 1. The number of para-hydroxylation sites is 1. The molecule has 0 spiro atoms. The van der Waals surface area contributed by atoms with E-state index < -0.39 is 16.3 Å². The molecule has 226 valence electrons. The first-order valence-electron chi connectivity index (χ1n) is 14.1. The number of nitro groups is 1. The molecular formula is C34H33ClN4O5. The van der Waals surface area contributed by atoms with Crippen LogP contribution in [-0.4, -0.2) is 17.8 Å². The van der Waals surface area contributed by atoms with E-state index in [1.54, 1.807) is 18.2 Å². The number of nitrogens with two attached hydrogens (primary N) is 1. The summed E-state index contributed by atoms with van der Waals surface area (Å²) in [7, 11) is 1.42. The number of aryl methyl sites for hydroxylation is 2. The van der Waals surface area contributed by atoms with E-state index in [0.29, 0.717) is 34.2 Å². The van der Waals surface area contributed by atoms with E-state index in [4.69, 9.17) is 26.8 Å². The normalized spacial score (nSPS) is 17.7. The number of nitriles is 1. The number of Topliss-reactive ketones (excluding diaryl/α,β-unsaturated/α-hetero) is 1. The number of hydrogen-bond acceptors (Lipinski definition) is 8. The maximum absolute atomic E-state index is 14.1. The number of hydrogen-bond donors (Lipinski definition) is 1. The second-order valence-corrected chi connectivity index (χ2v) is 12.4. The number of anilines is 1. The summed E-state index contributed by atoms with van der Waals surface area (Å²) in [6.07, 6.45) is 0.674. The van der Waals surface area contributed by atoms with Crippen molar-refractivity contribution in [2.24, 2.45) is 11.1 Å². The number of ketones is 1. The lowest BCUT2D eigenvalue weighted by Gasteiger charge is -2.43. The number of ether oxygens (including phenoxy) is 2. The molecule has 1 aliphatic heterocycles. The highest BCUT2D eigenvalue weighted by atomic mass is 35.5. The molecule has 1 heterocycles. The molecule has 0 fully saturated rings. The molecule has 2 aliphatic rings. The summed E-state index contributed by atoms with van der Waals surface area (Å²) in [5.74, 6) is 0.00303. The molecule has 0 saturated carbocycles. The maximum Gasteiger partial charge on any atom is 0.296 e. The van der Waals surface area contributed by atoms with Crippen molar-refractivity contribution in [1.29, 1.82) is 5.26 Å². The zero-order valence-corrected chi connectivity index (χ0v) is 26.0. The Hall–Kier alpha value is -4.81. The van der Waals surface area contributed by atoms with Crippen LogP contribution in [0.2, 0.25) is 5.02 Å². The van der Waals surface area contributed by atoms with Gasteiger partial charge in [0.1, 0.15) is 29.6 Å². The van der Waals surface area contributed by atoms with Gasteiger partial charge in [-0.1, -0.05) is 49.7 Å². The molecule has 0 saturated heterocycles. The van der Waals surface area contributed by atoms with E-state index in [-0.39, 0.29) is 41.6 Å². The highest BCUT2D eigenvalue weighted by molar-refractivity contribution is 6.32. The fourth-order valence-corrected chi connectivity index (χ4v) is 6.35. The van der Waals surface area contributed by atoms with Crippen molar-refractivity contribution in [3.8, 4) is 17.6 Å². The lowest BCUT2D eigenvalue weighted by Crippen LogP contribution is -2.42. The Kier molecular flexibility index (Phi) is 8.15. The van der Waals surface area contributed by atoms with Crippen LogP contribution in [0.1, 0.15) is 54.9 Å². The summed E-state index contributed by atoms with van der Waals surface area (Å²) in [6.45, 7) is 8.08. The second kappa shape index (κ2) is 11.7. The number of methoxy groups -OCH3 is 1. The van der Waals surface area contributed by atoms with E-state index in [1.165, 1.54) is 24.1 Å². The number of nitrogens with zero attached hydrogens (tertiary/aromatic N) is 3. The summed E-state index contributed by atoms with van der Waals surface area (Å²) < 4.78 is 11.3. The van der Waals surface area contributed by atoms with E-state index in [2.05, 4.69) is 6.07 Å². The van der Waals surface area contributed by atoms with E-state index >= 15 is 0 Å². The third-order valence-corrected chi connectivity index (χ3v) is 8.57. The van der Waals surface area contributed by atoms with E-state index in [0.717, 1.165) is 22.3 Å². The molecule has 1 unspecified atom stereocenters. The van der Waals surface area contributed by atoms with Crippen LogP contribution in [0.3, 0.4) is 0 Å². The van der Waals surface area contributed by atoms with Gasteiger partial charge in [0.25, 0.3) is 5.69 Å². The largest absolute Gasteiger partial charge is 0.496 e.